The molecule has 1 aromatic heterocycles. The van der Waals surface area contributed by atoms with E-state index in [-0.39, 0.29) is 5.54 Å². The highest BCUT2D eigenvalue weighted by atomic mass is 16.3. The van der Waals surface area contributed by atoms with Gasteiger partial charge in [0.25, 0.3) is 0 Å². The molecule has 18 heavy (non-hydrogen) atoms. The second-order valence-corrected chi connectivity index (χ2v) is 5.78. The smallest absolute Gasteiger partial charge is 0.117 e. The minimum Gasteiger partial charge on any atom is -0.468 e. The van der Waals surface area contributed by atoms with E-state index < -0.39 is 0 Å². The zero-order valence-electron chi connectivity index (χ0n) is 11.1. The van der Waals surface area contributed by atoms with Crippen molar-refractivity contribution in [1.82, 2.24) is 9.80 Å². The van der Waals surface area contributed by atoms with E-state index in [1.165, 1.54) is 32.5 Å². The molecule has 3 atom stereocenters. The lowest BCUT2D eigenvalue weighted by Crippen LogP contribution is -2.60. The first-order valence-electron chi connectivity index (χ1n) is 6.90. The minimum atomic E-state index is 0.166. The lowest BCUT2D eigenvalue weighted by atomic mass is 9.77. The van der Waals surface area contributed by atoms with Gasteiger partial charge in [0.15, 0.2) is 0 Å². The first kappa shape index (κ1) is 12.2. The fourth-order valence-corrected chi connectivity index (χ4v) is 3.75. The fraction of sp³-hybridized carbons (Fsp3) is 0.714. The van der Waals surface area contributed by atoms with E-state index in [9.17, 15) is 0 Å². The number of furan rings is 1. The Morgan fingerprint density at radius 3 is 3.17 bits per heavy atom. The molecule has 100 valence electrons. The summed E-state index contributed by atoms with van der Waals surface area (Å²) in [5, 5.41) is 0. The Kier molecular flexibility index (Phi) is 3.18. The Balaban J connectivity index is 1.78. The summed E-state index contributed by atoms with van der Waals surface area (Å²) in [4.78, 5) is 5.00. The van der Waals surface area contributed by atoms with E-state index >= 15 is 0 Å². The fourth-order valence-electron chi connectivity index (χ4n) is 3.75. The van der Waals surface area contributed by atoms with Gasteiger partial charge in [-0.2, -0.15) is 0 Å². The van der Waals surface area contributed by atoms with E-state index in [2.05, 4.69) is 16.8 Å². The molecule has 3 unspecified atom stereocenters. The summed E-state index contributed by atoms with van der Waals surface area (Å²) in [6.45, 7) is 5.28. The molecule has 3 heterocycles. The lowest BCUT2D eigenvalue weighted by Gasteiger charge is -2.48. The summed E-state index contributed by atoms with van der Waals surface area (Å²) in [7, 11) is 2.20. The van der Waals surface area contributed by atoms with Crippen LogP contribution in [0.15, 0.2) is 22.8 Å². The minimum absolute atomic E-state index is 0.166. The molecular formula is C14H23N3O. The van der Waals surface area contributed by atoms with Crippen LogP contribution in [0, 0.1) is 5.92 Å². The zero-order valence-corrected chi connectivity index (χ0v) is 11.1. The Labute approximate surface area is 109 Å². The molecule has 0 aromatic carbocycles. The topological polar surface area (TPSA) is 45.6 Å². The van der Waals surface area contributed by atoms with Crippen LogP contribution in [-0.4, -0.2) is 48.6 Å². The van der Waals surface area contributed by atoms with Crippen molar-refractivity contribution in [2.45, 2.75) is 24.9 Å². The molecule has 0 aliphatic carbocycles. The normalized spacial score (nSPS) is 35.3. The van der Waals surface area contributed by atoms with Crippen molar-refractivity contribution in [1.29, 1.82) is 0 Å². The summed E-state index contributed by atoms with van der Waals surface area (Å²) in [5.74, 6) is 1.75. The Bertz CT molecular complexity index is 392. The second-order valence-electron chi connectivity index (χ2n) is 5.78. The van der Waals surface area contributed by atoms with Crippen LogP contribution in [0.1, 0.15) is 18.6 Å². The maximum absolute atomic E-state index is 6.16. The molecule has 0 amide bonds. The van der Waals surface area contributed by atoms with Crippen LogP contribution in [0.3, 0.4) is 0 Å². The molecule has 2 aliphatic rings. The van der Waals surface area contributed by atoms with Gasteiger partial charge >= 0.3 is 0 Å². The number of fused-ring (bicyclic) bond motifs is 2. The summed E-state index contributed by atoms with van der Waals surface area (Å²) in [6, 6.07) is 4.00. The van der Waals surface area contributed by atoms with Crippen molar-refractivity contribution in [2.75, 3.05) is 33.2 Å². The van der Waals surface area contributed by atoms with E-state index in [1.807, 2.05) is 12.1 Å². The second kappa shape index (κ2) is 4.68. The first-order valence-corrected chi connectivity index (χ1v) is 6.90. The average Bonchev–Trinajstić information content (AvgIpc) is 3.01. The van der Waals surface area contributed by atoms with Gasteiger partial charge < -0.3 is 15.1 Å². The summed E-state index contributed by atoms with van der Waals surface area (Å²) in [5.41, 5.74) is 6.33. The van der Waals surface area contributed by atoms with Gasteiger partial charge in [-0.1, -0.05) is 0 Å². The number of nitrogens with zero attached hydrogens (tertiary/aromatic N) is 2. The molecule has 2 bridgehead atoms. The largest absolute Gasteiger partial charge is 0.468 e. The molecule has 0 radical (unpaired) electrons. The van der Waals surface area contributed by atoms with Crippen LogP contribution < -0.4 is 5.73 Å². The predicted molar refractivity (Wildman–Crippen MR) is 71.1 cm³/mol. The van der Waals surface area contributed by atoms with E-state index in [1.54, 1.807) is 6.26 Å². The molecule has 0 saturated carbocycles. The van der Waals surface area contributed by atoms with Crippen molar-refractivity contribution in [2.24, 2.45) is 11.7 Å². The Morgan fingerprint density at radius 2 is 2.44 bits per heavy atom. The molecule has 4 nitrogen and oxygen atoms in total. The maximum atomic E-state index is 6.16. The van der Waals surface area contributed by atoms with Crippen LogP contribution in [0.4, 0.5) is 0 Å². The number of likely N-dealkylation sites (N-methyl/N-ethyl adjacent to an activating group) is 1. The summed E-state index contributed by atoms with van der Waals surface area (Å²) >= 11 is 0. The van der Waals surface area contributed by atoms with Crippen molar-refractivity contribution < 1.29 is 4.42 Å². The number of rotatable bonds is 4. The SMILES string of the molecule is CN(Cc1ccco1)C1(CN)CCN2CCC1C2. The average molecular weight is 249 g/mol. The van der Waals surface area contributed by atoms with Crippen LogP contribution >= 0.6 is 0 Å². The van der Waals surface area contributed by atoms with E-state index in [0.29, 0.717) is 0 Å². The third-order valence-corrected chi connectivity index (χ3v) is 4.98. The molecule has 4 heteroatoms. The molecular weight excluding hydrogens is 226 g/mol. The quantitative estimate of drug-likeness (QED) is 0.869. The van der Waals surface area contributed by atoms with Crippen molar-refractivity contribution in [3.05, 3.63) is 24.2 Å². The Hall–Kier alpha value is -0.840. The molecule has 2 saturated heterocycles. The number of hydrogen-bond acceptors (Lipinski definition) is 4. The third kappa shape index (κ3) is 1.88. The first-order chi connectivity index (χ1) is 8.74. The standard InChI is InChI=1S/C14H23N3O/c1-16(10-13-3-2-8-18-13)14(11-15)5-7-17-6-4-12(14)9-17/h2-3,8,12H,4-7,9-11,15H2,1H3. The molecule has 3 rings (SSSR count). The van der Waals surface area contributed by atoms with Gasteiger partial charge in [0.05, 0.1) is 12.8 Å². The molecule has 1 aromatic rings. The number of nitrogens with two attached hydrogens (primary N) is 1. The van der Waals surface area contributed by atoms with Gasteiger partial charge in [-0.3, -0.25) is 4.90 Å². The van der Waals surface area contributed by atoms with Crippen LogP contribution in [0.5, 0.6) is 0 Å². The van der Waals surface area contributed by atoms with Crippen molar-refractivity contribution in [3.63, 3.8) is 0 Å². The van der Waals surface area contributed by atoms with Crippen LogP contribution in [-0.2, 0) is 6.54 Å². The predicted octanol–water partition coefficient (Wildman–Crippen LogP) is 1.13. The maximum Gasteiger partial charge on any atom is 0.117 e. The van der Waals surface area contributed by atoms with Crippen LogP contribution in [0.25, 0.3) is 0 Å². The van der Waals surface area contributed by atoms with Gasteiger partial charge in [0, 0.05) is 18.6 Å². The third-order valence-electron chi connectivity index (χ3n) is 4.98. The van der Waals surface area contributed by atoms with Gasteiger partial charge in [0.1, 0.15) is 5.76 Å². The van der Waals surface area contributed by atoms with Gasteiger partial charge in [0.2, 0.25) is 0 Å². The number of hydrogen-bond donors (Lipinski definition) is 1. The van der Waals surface area contributed by atoms with E-state index in [0.717, 1.165) is 24.8 Å². The highest BCUT2D eigenvalue weighted by Gasteiger charge is 2.47. The molecule has 0 spiro atoms. The highest BCUT2D eigenvalue weighted by molar-refractivity contribution is 5.06. The van der Waals surface area contributed by atoms with Crippen LogP contribution in [0.2, 0.25) is 0 Å². The van der Waals surface area contributed by atoms with Gasteiger partial charge in [-0.15, -0.1) is 0 Å². The molecule has 2 aliphatic heterocycles. The zero-order chi connectivity index (χ0) is 12.6. The van der Waals surface area contributed by atoms with Gasteiger partial charge in [-0.25, -0.2) is 0 Å². The van der Waals surface area contributed by atoms with E-state index in [4.69, 9.17) is 10.2 Å². The number of piperidine rings is 1. The van der Waals surface area contributed by atoms with Crippen molar-refractivity contribution >= 4 is 0 Å². The monoisotopic (exact) mass is 249 g/mol. The van der Waals surface area contributed by atoms with Crippen molar-refractivity contribution in [3.8, 4) is 0 Å². The Morgan fingerprint density at radius 1 is 1.56 bits per heavy atom. The summed E-state index contributed by atoms with van der Waals surface area (Å²) in [6.07, 6.45) is 4.22. The highest BCUT2D eigenvalue weighted by Crippen LogP contribution is 2.39. The molecule has 2 N–H and O–H groups in total. The summed E-state index contributed by atoms with van der Waals surface area (Å²) < 4.78 is 5.47. The lowest BCUT2D eigenvalue weighted by molar-refractivity contribution is 0.0173. The van der Waals surface area contributed by atoms with Gasteiger partial charge in [-0.05, 0) is 51.0 Å². The molecule has 2 fully saturated rings.